The molecule has 0 spiro atoms. The quantitative estimate of drug-likeness (QED) is 0.718. The first-order valence-electron chi connectivity index (χ1n) is 7.49. The average Bonchev–Trinajstić information content (AvgIpc) is 2.42. The molecule has 1 fully saturated rings. The molecule has 2 N–H and O–H groups in total. The molecule has 7 heteroatoms. The van der Waals surface area contributed by atoms with E-state index in [1.807, 2.05) is 13.8 Å². The van der Waals surface area contributed by atoms with Gasteiger partial charge in [-0.3, -0.25) is 4.79 Å². The smallest absolute Gasteiger partial charge is 0.224 e. The van der Waals surface area contributed by atoms with Crippen molar-refractivity contribution < 1.29 is 18.3 Å². The van der Waals surface area contributed by atoms with Gasteiger partial charge in [0.1, 0.15) is 0 Å². The molecule has 1 amide bonds. The summed E-state index contributed by atoms with van der Waals surface area (Å²) in [5, 5.41) is 11.8. The Hall–Kier alpha value is -0.660. The van der Waals surface area contributed by atoms with Crippen LogP contribution in [0.2, 0.25) is 0 Å². The molecular formula is C14H28N2O4S. The number of amides is 1. The zero-order chi connectivity index (χ0) is 16.1. The van der Waals surface area contributed by atoms with Crippen LogP contribution in [-0.4, -0.2) is 56.2 Å². The molecule has 0 aromatic heterocycles. The van der Waals surface area contributed by atoms with Crippen LogP contribution in [0.1, 0.15) is 39.5 Å². The lowest BCUT2D eigenvalue weighted by Gasteiger charge is -2.31. The van der Waals surface area contributed by atoms with E-state index in [1.54, 1.807) is 0 Å². The van der Waals surface area contributed by atoms with Gasteiger partial charge < -0.3 is 10.4 Å². The van der Waals surface area contributed by atoms with Crippen LogP contribution in [0.3, 0.4) is 0 Å². The van der Waals surface area contributed by atoms with Crippen molar-refractivity contribution in [3.63, 3.8) is 0 Å². The Balaban J connectivity index is 2.48. The Kier molecular flexibility index (Phi) is 6.62. The molecule has 21 heavy (non-hydrogen) atoms. The maximum atomic E-state index is 12.2. The van der Waals surface area contributed by atoms with Crippen molar-refractivity contribution in [2.75, 3.05) is 32.5 Å². The van der Waals surface area contributed by atoms with Crippen LogP contribution in [0.4, 0.5) is 0 Å². The molecule has 0 aromatic rings. The van der Waals surface area contributed by atoms with Gasteiger partial charge in [-0.05, 0) is 31.1 Å². The van der Waals surface area contributed by atoms with Gasteiger partial charge in [-0.1, -0.05) is 13.8 Å². The van der Waals surface area contributed by atoms with Gasteiger partial charge in [0.15, 0.2) is 0 Å². The molecule has 1 aliphatic heterocycles. The molecule has 6 nitrogen and oxygen atoms in total. The lowest BCUT2D eigenvalue weighted by molar-refractivity contribution is -0.126. The first-order valence-corrected chi connectivity index (χ1v) is 9.34. The Morgan fingerprint density at radius 1 is 1.43 bits per heavy atom. The molecule has 1 saturated heterocycles. The second-order valence-electron chi connectivity index (χ2n) is 6.67. The number of carbonyl (C=O) groups is 1. The van der Waals surface area contributed by atoms with Gasteiger partial charge in [0.2, 0.25) is 15.9 Å². The van der Waals surface area contributed by atoms with Crippen LogP contribution in [0.25, 0.3) is 0 Å². The zero-order valence-corrected chi connectivity index (χ0v) is 14.1. The van der Waals surface area contributed by atoms with E-state index in [4.69, 9.17) is 5.11 Å². The first-order chi connectivity index (χ1) is 9.65. The molecule has 0 saturated carbocycles. The average molecular weight is 320 g/mol. The van der Waals surface area contributed by atoms with E-state index < -0.39 is 10.0 Å². The Labute approximate surface area is 128 Å². The molecule has 0 bridgehead atoms. The molecular weight excluding hydrogens is 292 g/mol. The summed E-state index contributed by atoms with van der Waals surface area (Å²) >= 11 is 0. The SMILES string of the molecule is CC(C)(CCCO)CNC(=O)C1CCCN(S(C)(=O)=O)C1. The first kappa shape index (κ1) is 18.4. The van der Waals surface area contributed by atoms with Gasteiger partial charge in [-0.25, -0.2) is 12.7 Å². The summed E-state index contributed by atoms with van der Waals surface area (Å²) in [4.78, 5) is 12.2. The molecule has 1 heterocycles. The van der Waals surface area contributed by atoms with E-state index in [1.165, 1.54) is 10.6 Å². The molecule has 1 unspecified atom stereocenters. The molecule has 124 valence electrons. The molecule has 0 radical (unpaired) electrons. The van der Waals surface area contributed by atoms with Crippen molar-refractivity contribution in [1.82, 2.24) is 9.62 Å². The standard InChI is InChI=1S/C14H28N2O4S/c1-14(2,7-5-9-17)11-15-13(18)12-6-4-8-16(10-12)21(3,19)20/h12,17H,4-11H2,1-3H3,(H,15,18). The summed E-state index contributed by atoms with van der Waals surface area (Å²) in [5.41, 5.74) is -0.0659. The van der Waals surface area contributed by atoms with Gasteiger partial charge in [0, 0.05) is 26.2 Å². The number of aliphatic hydroxyl groups excluding tert-OH is 1. The number of rotatable bonds is 7. The van der Waals surface area contributed by atoms with Crippen LogP contribution in [0, 0.1) is 11.3 Å². The zero-order valence-electron chi connectivity index (χ0n) is 13.3. The fourth-order valence-electron chi connectivity index (χ4n) is 2.57. The van der Waals surface area contributed by atoms with Crippen molar-refractivity contribution in [1.29, 1.82) is 0 Å². The number of nitrogens with one attached hydrogen (secondary N) is 1. The summed E-state index contributed by atoms with van der Waals surface area (Å²) in [6, 6.07) is 0. The van der Waals surface area contributed by atoms with E-state index in [0.29, 0.717) is 19.5 Å². The van der Waals surface area contributed by atoms with E-state index >= 15 is 0 Å². The summed E-state index contributed by atoms with van der Waals surface area (Å²) in [5.74, 6) is -0.331. The van der Waals surface area contributed by atoms with Crippen LogP contribution >= 0.6 is 0 Å². The van der Waals surface area contributed by atoms with Crippen LogP contribution in [0.15, 0.2) is 0 Å². The van der Waals surface area contributed by atoms with Crippen LogP contribution in [0.5, 0.6) is 0 Å². The third-order valence-corrected chi connectivity index (χ3v) is 5.25. The molecule has 1 atom stereocenters. The largest absolute Gasteiger partial charge is 0.396 e. The number of nitrogens with zero attached hydrogens (tertiary/aromatic N) is 1. The normalized spacial score (nSPS) is 21.2. The van der Waals surface area contributed by atoms with E-state index in [0.717, 1.165) is 19.3 Å². The number of piperidine rings is 1. The van der Waals surface area contributed by atoms with Crippen LogP contribution < -0.4 is 5.32 Å². The summed E-state index contributed by atoms with van der Waals surface area (Å²) in [6.45, 7) is 5.58. The maximum absolute atomic E-state index is 12.2. The third-order valence-electron chi connectivity index (χ3n) is 3.98. The molecule has 0 aliphatic carbocycles. The van der Waals surface area contributed by atoms with Crippen molar-refractivity contribution in [2.45, 2.75) is 39.5 Å². The van der Waals surface area contributed by atoms with Gasteiger partial charge in [-0.2, -0.15) is 0 Å². The third kappa shape index (κ3) is 6.32. The van der Waals surface area contributed by atoms with Crippen molar-refractivity contribution in [3.05, 3.63) is 0 Å². The number of hydrogen-bond donors (Lipinski definition) is 2. The van der Waals surface area contributed by atoms with E-state index in [2.05, 4.69) is 5.32 Å². The minimum atomic E-state index is -3.22. The summed E-state index contributed by atoms with van der Waals surface area (Å²) < 4.78 is 24.5. The Bertz CT molecular complexity index is 448. The predicted molar refractivity (Wildman–Crippen MR) is 82.3 cm³/mol. The number of sulfonamides is 1. The summed E-state index contributed by atoms with van der Waals surface area (Å²) in [7, 11) is -3.22. The van der Waals surface area contributed by atoms with E-state index in [9.17, 15) is 13.2 Å². The lowest BCUT2D eigenvalue weighted by Crippen LogP contribution is -2.46. The number of hydrogen-bond acceptors (Lipinski definition) is 4. The second kappa shape index (κ2) is 7.56. The lowest BCUT2D eigenvalue weighted by atomic mass is 9.87. The van der Waals surface area contributed by atoms with Gasteiger partial charge in [-0.15, -0.1) is 0 Å². The topological polar surface area (TPSA) is 86.7 Å². The van der Waals surface area contributed by atoms with E-state index in [-0.39, 0.29) is 30.4 Å². The van der Waals surface area contributed by atoms with Gasteiger partial charge in [0.25, 0.3) is 0 Å². The highest BCUT2D eigenvalue weighted by Gasteiger charge is 2.30. The van der Waals surface area contributed by atoms with Crippen molar-refractivity contribution in [3.8, 4) is 0 Å². The van der Waals surface area contributed by atoms with Crippen molar-refractivity contribution in [2.24, 2.45) is 11.3 Å². The predicted octanol–water partition coefficient (Wildman–Crippen LogP) is 0.573. The minimum Gasteiger partial charge on any atom is -0.396 e. The summed E-state index contributed by atoms with van der Waals surface area (Å²) in [6.07, 6.45) is 4.19. The van der Waals surface area contributed by atoms with Gasteiger partial charge >= 0.3 is 0 Å². The highest BCUT2D eigenvalue weighted by Crippen LogP contribution is 2.22. The fourth-order valence-corrected chi connectivity index (χ4v) is 3.49. The maximum Gasteiger partial charge on any atom is 0.224 e. The Morgan fingerprint density at radius 3 is 2.67 bits per heavy atom. The highest BCUT2D eigenvalue weighted by atomic mass is 32.2. The fraction of sp³-hybridized carbons (Fsp3) is 0.929. The van der Waals surface area contributed by atoms with Gasteiger partial charge in [0.05, 0.1) is 12.2 Å². The Morgan fingerprint density at radius 2 is 2.10 bits per heavy atom. The van der Waals surface area contributed by atoms with Crippen molar-refractivity contribution >= 4 is 15.9 Å². The number of aliphatic hydroxyl groups is 1. The second-order valence-corrected chi connectivity index (χ2v) is 8.65. The molecule has 1 aliphatic rings. The molecule has 0 aromatic carbocycles. The van der Waals surface area contributed by atoms with Crippen LogP contribution in [-0.2, 0) is 14.8 Å². The number of carbonyl (C=O) groups excluding carboxylic acids is 1. The highest BCUT2D eigenvalue weighted by molar-refractivity contribution is 7.88. The molecule has 1 rings (SSSR count). The monoisotopic (exact) mass is 320 g/mol. The minimum absolute atomic E-state index is 0.0659.